The molecule has 0 saturated carbocycles. The second-order valence-corrected chi connectivity index (χ2v) is 4.77. The van der Waals surface area contributed by atoms with Crippen molar-refractivity contribution in [1.82, 2.24) is 5.32 Å². The van der Waals surface area contributed by atoms with Crippen molar-refractivity contribution in [1.29, 1.82) is 0 Å². The van der Waals surface area contributed by atoms with Gasteiger partial charge in [0.05, 0.1) is 6.10 Å². The van der Waals surface area contributed by atoms with Gasteiger partial charge in [0.25, 0.3) is 0 Å². The largest absolute Gasteiger partial charge is 0.491 e. The Morgan fingerprint density at radius 1 is 1.11 bits per heavy atom. The molecule has 0 aliphatic heterocycles. The van der Waals surface area contributed by atoms with E-state index in [0.29, 0.717) is 6.61 Å². The minimum absolute atomic E-state index is 0.223. The van der Waals surface area contributed by atoms with E-state index in [1.165, 1.54) is 5.56 Å². The van der Waals surface area contributed by atoms with Crippen LogP contribution in [0.2, 0.25) is 0 Å². The van der Waals surface area contributed by atoms with Crippen molar-refractivity contribution in [3.63, 3.8) is 0 Å². The highest BCUT2D eigenvalue weighted by atomic mass is 16.5. The maximum absolute atomic E-state index is 8.66. The lowest BCUT2D eigenvalue weighted by molar-refractivity contribution is 0.242. The summed E-state index contributed by atoms with van der Waals surface area (Å²) in [5, 5.41) is 12.1. The Hall–Kier alpha value is -1.06. The number of unbranched alkanes of at least 4 members (excludes halogenated alkanes) is 2. The van der Waals surface area contributed by atoms with E-state index in [9.17, 15) is 0 Å². The summed E-state index contributed by atoms with van der Waals surface area (Å²) >= 11 is 0. The van der Waals surface area contributed by atoms with Crippen LogP contribution < -0.4 is 10.1 Å². The van der Waals surface area contributed by atoms with Gasteiger partial charge in [0, 0.05) is 13.2 Å². The molecule has 1 rings (SSSR count). The first-order valence-electron chi connectivity index (χ1n) is 6.79. The van der Waals surface area contributed by atoms with E-state index in [0.717, 1.165) is 38.1 Å². The molecule has 0 fully saturated rings. The zero-order valence-electron chi connectivity index (χ0n) is 11.5. The Labute approximate surface area is 110 Å². The van der Waals surface area contributed by atoms with E-state index in [1.807, 2.05) is 26.0 Å². The van der Waals surface area contributed by atoms with Crippen LogP contribution in [0.5, 0.6) is 5.75 Å². The Morgan fingerprint density at radius 2 is 1.83 bits per heavy atom. The summed E-state index contributed by atoms with van der Waals surface area (Å²) in [5.74, 6) is 0.927. The van der Waals surface area contributed by atoms with Crippen molar-refractivity contribution in [2.75, 3.05) is 13.2 Å². The summed E-state index contributed by atoms with van der Waals surface area (Å²) in [4.78, 5) is 0. The molecule has 0 amide bonds. The lowest BCUT2D eigenvalue weighted by atomic mass is 10.2. The van der Waals surface area contributed by atoms with E-state index in [2.05, 4.69) is 17.4 Å². The first kappa shape index (κ1) is 15.0. The normalized spacial score (nSPS) is 10.9. The molecule has 0 aromatic heterocycles. The summed E-state index contributed by atoms with van der Waals surface area (Å²) in [6.45, 7) is 6.26. The quantitative estimate of drug-likeness (QED) is 0.663. The van der Waals surface area contributed by atoms with Gasteiger partial charge in [0.1, 0.15) is 5.75 Å². The van der Waals surface area contributed by atoms with Crippen LogP contribution in [-0.2, 0) is 6.54 Å². The summed E-state index contributed by atoms with van der Waals surface area (Å²) < 4.78 is 5.60. The summed E-state index contributed by atoms with van der Waals surface area (Å²) in [6, 6.07) is 8.22. The van der Waals surface area contributed by atoms with Gasteiger partial charge in [-0.05, 0) is 57.4 Å². The molecule has 1 aromatic rings. The van der Waals surface area contributed by atoms with E-state index in [4.69, 9.17) is 9.84 Å². The van der Waals surface area contributed by atoms with Crippen molar-refractivity contribution in [2.24, 2.45) is 0 Å². The molecule has 0 bridgehead atoms. The van der Waals surface area contributed by atoms with Crippen LogP contribution in [0, 0.1) is 0 Å². The van der Waals surface area contributed by atoms with Gasteiger partial charge < -0.3 is 15.2 Å². The molecule has 3 heteroatoms. The number of aliphatic hydroxyl groups is 1. The minimum atomic E-state index is 0.223. The van der Waals surface area contributed by atoms with Gasteiger partial charge in [-0.25, -0.2) is 0 Å². The Morgan fingerprint density at radius 3 is 2.44 bits per heavy atom. The first-order chi connectivity index (χ1) is 8.72. The molecule has 0 aliphatic rings. The van der Waals surface area contributed by atoms with Gasteiger partial charge in [-0.2, -0.15) is 0 Å². The number of hydrogen-bond acceptors (Lipinski definition) is 3. The van der Waals surface area contributed by atoms with Crippen LogP contribution in [0.3, 0.4) is 0 Å². The fourth-order valence-electron chi connectivity index (χ4n) is 1.73. The molecule has 0 radical (unpaired) electrons. The van der Waals surface area contributed by atoms with Gasteiger partial charge in [-0.3, -0.25) is 0 Å². The average molecular weight is 251 g/mol. The number of aliphatic hydroxyl groups excluding tert-OH is 1. The van der Waals surface area contributed by atoms with Gasteiger partial charge in [-0.1, -0.05) is 12.1 Å². The SMILES string of the molecule is CC(C)Oc1ccc(CNCCCCCO)cc1. The Kier molecular flexibility index (Phi) is 7.46. The summed E-state index contributed by atoms with van der Waals surface area (Å²) in [6.07, 6.45) is 3.34. The van der Waals surface area contributed by atoms with Crippen molar-refractivity contribution < 1.29 is 9.84 Å². The fourth-order valence-corrected chi connectivity index (χ4v) is 1.73. The molecule has 0 atom stereocenters. The molecule has 102 valence electrons. The molecule has 0 saturated heterocycles. The van der Waals surface area contributed by atoms with Gasteiger partial charge >= 0.3 is 0 Å². The van der Waals surface area contributed by atoms with E-state index in [-0.39, 0.29) is 6.10 Å². The zero-order chi connectivity index (χ0) is 13.2. The second kappa shape index (κ2) is 8.95. The second-order valence-electron chi connectivity index (χ2n) is 4.77. The van der Waals surface area contributed by atoms with Gasteiger partial charge in [-0.15, -0.1) is 0 Å². The minimum Gasteiger partial charge on any atom is -0.491 e. The standard InChI is InChI=1S/C15H25NO2/c1-13(2)18-15-8-6-14(7-9-15)12-16-10-4-3-5-11-17/h6-9,13,16-17H,3-5,10-12H2,1-2H3. The first-order valence-corrected chi connectivity index (χ1v) is 6.79. The smallest absolute Gasteiger partial charge is 0.119 e. The third-order valence-corrected chi connectivity index (χ3v) is 2.64. The molecule has 0 spiro atoms. The van der Waals surface area contributed by atoms with Crippen LogP contribution >= 0.6 is 0 Å². The highest BCUT2D eigenvalue weighted by molar-refractivity contribution is 5.27. The lowest BCUT2D eigenvalue weighted by Gasteiger charge is -2.10. The number of ether oxygens (including phenoxy) is 1. The van der Waals surface area contributed by atoms with E-state index in [1.54, 1.807) is 0 Å². The molecule has 3 nitrogen and oxygen atoms in total. The van der Waals surface area contributed by atoms with Crippen LogP contribution in [0.4, 0.5) is 0 Å². The summed E-state index contributed by atoms with van der Waals surface area (Å²) in [7, 11) is 0. The maximum atomic E-state index is 8.66. The van der Waals surface area contributed by atoms with Crippen LogP contribution in [-0.4, -0.2) is 24.4 Å². The number of rotatable bonds is 9. The van der Waals surface area contributed by atoms with Crippen molar-refractivity contribution in [3.8, 4) is 5.75 Å². The summed E-state index contributed by atoms with van der Waals surface area (Å²) in [5.41, 5.74) is 1.27. The van der Waals surface area contributed by atoms with Gasteiger partial charge in [0.15, 0.2) is 0 Å². The molecule has 2 N–H and O–H groups in total. The van der Waals surface area contributed by atoms with Crippen molar-refractivity contribution in [3.05, 3.63) is 29.8 Å². The van der Waals surface area contributed by atoms with Crippen LogP contribution in [0.25, 0.3) is 0 Å². The van der Waals surface area contributed by atoms with Crippen molar-refractivity contribution >= 4 is 0 Å². The maximum Gasteiger partial charge on any atom is 0.119 e. The molecule has 0 heterocycles. The molecule has 18 heavy (non-hydrogen) atoms. The van der Waals surface area contributed by atoms with Crippen LogP contribution in [0.1, 0.15) is 38.7 Å². The Balaban J connectivity index is 2.18. The highest BCUT2D eigenvalue weighted by Crippen LogP contribution is 2.13. The third-order valence-electron chi connectivity index (χ3n) is 2.64. The van der Waals surface area contributed by atoms with E-state index < -0.39 is 0 Å². The number of nitrogens with one attached hydrogen (secondary N) is 1. The average Bonchev–Trinajstić information content (AvgIpc) is 2.35. The Bertz CT molecular complexity index is 309. The molecule has 1 aromatic carbocycles. The monoisotopic (exact) mass is 251 g/mol. The van der Waals surface area contributed by atoms with E-state index >= 15 is 0 Å². The number of benzene rings is 1. The topological polar surface area (TPSA) is 41.5 Å². The molecular weight excluding hydrogens is 226 g/mol. The van der Waals surface area contributed by atoms with Crippen LogP contribution in [0.15, 0.2) is 24.3 Å². The molecule has 0 unspecified atom stereocenters. The fraction of sp³-hybridized carbons (Fsp3) is 0.600. The predicted octanol–water partition coefficient (Wildman–Crippen LogP) is 2.73. The third kappa shape index (κ3) is 6.62. The highest BCUT2D eigenvalue weighted by Gasteiger charge is 1.98. The van der Waals surface area contributed by atoms with Crippen molar-refractivity contribution in [2.45, 2.75) is 45.8 Å². The molecular formula is C15H25NO2. The van der Waals surface area contributed by atoms with Gasteiger partial charge in [0.2, 0.25) is 0 Å². The zero-order valence-corrected chi connectivity index (χ0v) is 11.5. The molecule has 0 aliphatic carbocycles. The predicted molar refractivity (Wildman–Crippen MR) is 74.8 cm³/mol. The number of hydrogen-bond donors (Lipinski definition) is 2. The lowest BCUT2D eigenvalue weighted by Crippen LogP contribution is -2.14.